The van der Waals surface area contributed by atoms with Crippen LogP contribution in [0.3, 0.4) is 0 Å². The molecule has 7 nitrogen and oxygen atoms in total. The van der Waals surface area contributed by atoms with E-state index in [1.54, 1.807) is 18.5 Å². The lowest BCUT2D eigenvalue weighted by molar-refractivity contribution is 0.0693. The highest BCUT2D eigenvalue weighted by Crippen LogP contribution is 2.27. The largest absolute Gasteiger partial charge is 0.361 e. The summed E-state index contributed by atoms with van der Waals surface area (Å²) in [4.78, 5) is 23.3. The summed E-state index contributed by atoms with van der Waals surface area (Å²) in [7, 11) is 0. The summed E-state index contributed by atoms with van der Waals surface area (Å²) in [5.74, 6) is 1.92. The van der Waals surface area contributed by atoms with Crippen LogP contribution in [0.5, 0.6) is 0 Å². The van der Waals surface area contributed by atoms with Crippen molar-refractivity contribution in [2.45, 2.75) is 38.6 Å². The number of hydrogen-bond acceptors (Lipinski definition) is 5. The molecule has 1 aliphatic rings. The van der Waals surface area contributed by atoms with Gasteiger partial charge in [0.25, 0.3) is 5.91 Å². The predicted octanol–water partition coefficient (Wildman–Crippen LogP) is 2.90. The first-order valence-corrected chi connectivity index (χ1v) is 9.39. The van der Waals surface area contributed by atoms with Gasteiger partial charge >= 0.3 is 0 Å². The lowest BCUT2D eigenvalue weighted by atomic mass is 9.96. The number of pyridine rings is 1. The second kappa shape index (κ2) is 7.73. The first-order chi connectivity index (χ1) is 13.2. The summed E-state index contributed by atoms with van der Waals surface area (Å²) in [6, 6.07) is 5.77. The third-order valence-electron chi connectivity index (χ3n) is 5.05. The van der Waals surface area contributed by atoms with Gasteiger partial charge in [0.1, 0.15) is 11.6 Å². The van der Waals surface area contributed by atoms with E-state index in [1.165, 1.54) is 5.56 Å². The zero-order valence-electron chi connectivity index (χ0n) is 15.4. The zero-order chi connectivity index (χ0) is 18.6. The highest BCUT2D eigenvalue weighted by molar-refractivity contribution is 5.92. The number of amides is 1. The monoisotopic (exact) mass is 365 g/mol. The first kappa shape index (κ1) is 17.5. The molecule has 4 heterocycles. The number of carbonyl (C=O) groups is 1. The molecule has 0 bridgehead atoms. The van der Waals surface area contributed by atoms with Crippen molar-refractivity contribution >= 4 is 5.91 Å². The Hall–Kier alpha value is -2.96. The third-order valence-corrected chi connectivity index (χ3v) is 5.05. The fourth-order valence-corrected chi connectivity index (χ4v) is 3.61. The number of aromatic nitrogens is 4. The Labute approximate surface area is 158 Å². The highest BCUT2D eigenvalue weighted by Gasteiger charge is 2.29. The predicted molar refractivity (Wildman–Crippen MR) is 99.3 cm³/mol. The van der Waals surface area contributed by atoms with Crippen molar-refractivity contribution in [2.24, 2.45) is 0 Å². The van der Waals surface area contributed by atoms with Crippen molar-refractivity contribution in [1.82, 2.24) is 24.6 Å². The number of carbonyl (C=O) groups excluding carboxylic acids is 1. The Bertz CT molecular complexity index is 902. The van der Waals surface area contributed by atoms with Gasteiger partial charge in [0.05, 0.1) is 0 Å². The molecule has 1 atom stereocenters. The maximum atomic E-state index is 12.8. The Morgan fingerprint density at radius 2 is 2.15 bits per heavy atom. The topological polar surface area (TPSA) is 77.1 Å². The van der Waals surface area contributed by atoms with E-state index >= 15 is 0 Å². The summed E-state index contributed by atoms with van der Waals surface area (Å²) in [6.45, 7) is 4.13. The molecule has 1 aliphatic heterocycles. The molecule has 3 aromatic heterocycles. The maximum absolute atomic E-state index is 12.8. The number of rotatable bonds is 5. The molecular weight excluding hydrogens is 342 g/mol. The molecule has 4 rings (SSSR count). The number of piperidine rings is 1. The molecule has 7 heteroatoms. The van der Waals surface area contributed by atoms with Crippen molar-refractivity contribution in [3.63, 3.8) is 0 Å². The molecule has 27 heavy (non-hydrogen) atoms. The van der Waals surface area contributed by atoms with E-state index in [0.717, 1.165) is 43.9 Å². The van der Waals surface area contributed by atoms with E-state index in [1.807, 2.05) is 36.4 Å². The molecule has 0 saturated carbocycles. The van der Waals surface area contributed by atoms with Crippen molar-refractivity contribution in [3.05, 3.63) is 65.8 Å². The lowest BCUT2D eigenvalue weighted by Gasteiger charge is -2.32. The SMILES string of the molecule is CCc1cc(C(=O)N2CCC[C@H](c3nccn3Cc3ccncc3)C2)no1. The van der Waals surface area contributed by atoms with Crippen LogP contribution >= 0.6 is 0 Å². The van der Waals surface area contributed by atoms with Crippen LogP contribution in [0.25, 0.3) is 0 Å². The number of imidazole rings is 1. The van der Waals surface area contributed by atoms with Crippen LogP contribution in [0.1, 0.15) is 53.3 Å². The summed E-state index contributed by atoms with van der Waals surface area (Å²) in [5.41, 5.74) is 1.58. The van der Waals surface area contributed by atoms with Gasteiger partial charge in [-0.15, -0.1) is 0 Å². The molecule has 1 amide bonds. The third kappa shape index (κ3) is 3.77. The van der Waals surface area contributed by atoms with Gasteiger partial charge in [-0.2, -0.15) is 0 Å². The molecule has 3 aromatic rings. The van der Waals surface area contributed by atoms with Crippen molar-refractivity contribution < 1.29 is 9.32 Å². The quantitative estimate of drug-likeness (QED) is 0.695. The minimum absolute atomic E-state index is 0.0598. The van der Waals surface area contributed by atoms with E-state index in [9.17, 15) is 4.79 Å². The van der Waals surface area contributed by atoms with Gasteiger partial charge < -0.3 is 14.0 Å². The van der Waals surface area contributed by atoms with Gasteiger partial charge in [-0.25, -0.2) is 4.98 Å². The number of aryl methyl sites for hydroxylation is 1. The van der Waals surface area contributed by atoms with Crippen molar-refractivity contribution in [3.8, 4) is 0 Å². The average Bonchev–Trinajstić information content (AvgIpc) is 3.38. The van der Waals surface area contributed by atoms with Gasteiger partial charge in [-0.1, -0.05) is 12.1 Å². The summed E-state index contributed by atoms with van der Waals surface area (Å²) >= 11 is 0. The van der Waals surface area contributed by atoms with Gasteiger partial charge in [0.2, 0.25) is 0 Å². The maximum Gasteiger partial charge on any atom is 0.276 e. The van der Waals surface area contributed by atoms with E-state index in [-0.39, 0.29) is 11.8 Å². The van der Waals surface area contributed by atoms with Crippen LogP contribution in [0.4, 0.5) is 0 Å². The normalized spacial score (nSPS) is 17.2. The fourth-order valence-electron chi connectivity index (χ4n) is 3.61. The van der Waals surface area contributed by atoms with E-state index < -0.39 is 0 Å². The number of hydrogen-bond donors (Lipinski definition) is 0. The Balaban J connectivity index is 1.49. The van der Waals surface area contributed by atoms with Gasteiger partial charge in [0, 0.05) is 62.8 Å². The van der Waals surface area contributed by atoms with Crippen LogP contribution in [0.2, 0.25) is 0 Å². The molecule has 1 fully saturated rings. The van der Waals surface area contributed by atoms with E-state index in [2.05, 4.69) is 19.7 Å². The minimum Gasteiger partial charge on any atom is -0.361 e. The van der Waals surface area contributed by atoms with Crippen LogP contribution in [0.15, 0.2) is 47.5 Å². The second-order valence-electron chi connectivity index (χ2n) is 6.89. The minimum atomic E-state index is -0.0598. The van der Waals surface area contributed by atoms with Gasteiger partial charge in [-0.05, 0) is 30.5 Å². The van der Waals surface area contributed by atoms with E-state index in [0.29, 0.717) is 12.2 Å². The molecule has 0 radical (unpaired) electrons. The standard InChI is InChI=1S/C20H23N5O2/c1-2-17-12-18(23-27-17)20(26)25-10-3-4-16(14-25)19-22-9-11-24(19)13-15-5-7-21-8-6-15/h5-9,11-12,16H,2-4,10,13-14H2,1H3/t16-/m0/s1. The molecule has 1 saturated heterocycles. The smallest absolute Gasteiger partial charge is 0.276 e. The summed E-state index contributed by atoms with van der Waals surface area (Å²) in [6.07, 6.45) is 10.2. The zero-order valence-corrected chi connectivity index (χ0v) is 15.4. The fraction of sp³-hybridized carbons (Fsp3) is 0.400. The van der Waals surface area contributed by atoms with Crippen LogP contribution in [-0.4, -0.2) is 43.6 Å². The molecule has 0 N–H and O–H groups in total. The summed E-state index contributed by atoms with van der Waals surface area (Å²) < 4.78 is 7.36. The van der Waals surface area contributed by atoms with Crippen LogP contribution in [-0.2, 0) is 13.0 Å². The highest BCUT2D eigenvalue weighted by atomic mass is 16.5. The molecule has 0 aromatic carbocycles. The molecule has 0 spiro atoms. The van der Waals surface area contributed by atoms with Crippen LogP contribution in [0, 0.1) is 0 Å². The number of nitrogens with zero attached hydrogens (tertiary/aromatic N) is 5. The van der Waals surface area contributed by atoms with Gasteiger partial charge in [-0.3, -0.25) is 9.78 Å². The Morgan fingerprint density at radius 3 is 2.93 bits per heavy atom. The first-order valence-electron chi connectivity index (χ1n) is 9.39. The van der Waals surface area contributed by atoms with Crippen molar-refractivity contribution in [2.75, 3.05) is 13.1 Å². The van der Waals surface area contributed by atoms with E-state index in [4.69, 9.17) is 4.52 Å². The lowest BCUT2D eigenvalue weighted by Crippen LogP contribution is -2.40. The number of likely N-dealkylation sites (tertiary alicyclic amines) is 1. The molecule has 0 aliphatic carbocycles. The van der Waals surface area contributed by atoms with Crippen LogP contribution < -0.4 is 0 Å². The molecule has 0 unspecified atom stereocenters. The Kier molecular flexibility index (Phi) is 5.00. The second-order valence-corrected chi connectivity index (χ2v) is 6.89. The summed E-state index contributed by atoms with van der Waals surface area (Å²) in [5, 5.41) is 3.93. The van der Waals surface area contributed by atoms with Gasteiger partial charge in [0.15, 0.2) is 5.69 Å². The van der Waals surface area contributed by atoms with Crippen molar-refractivity contribution in [1.29, 1.82) is 0 Å². The Morgan fingerprint density at radius 1 is 1.30 bits per heavy atom. The average molecular weight is 365 g/mol. The molecule has 140 valence electrons. The molecular formula is C20H23N5O2.